The van der Waals surface area contributed by atoms with Crippen LogP contribution in [0.4, 0.5) is 35.3 Å². The number of sulfone groups is 1. The summed E-state index contributed by atoms with van der Waals surface area (Å²) in [5.41, 5.74) is -7.31. The van der Waals surface area contributed by atoms with E-state index in [0.717, 1.165) is 12.1 Å². The lowest BCUT2D eigenvalue weighted by Gasteiger charge is -2.39. The Morgan fingerprint density at radius 3 is 1.63 bits per heavy atom. The second-order valence-electron chi connectivity index (χ2n) is 10.1. The molecule has 0 spiro atoms. The predicted octanol–water partition coefficient (Wildman–Crippen LogP) is 1.40. The highest BCUT2D eigenvalue weighted by molar-refractivity contribution is 7.92. The molecule has 1 fully saturated rings. The van der Waals surface area contributed by atoms with Crippen molar-refractivity contribution in [1.82, 2.24) is 15.3 Å². The lowest BCUT2D eigenvalue weighted by molar-refractivity contribution is -0.123. The molecule has 3 amide bonds. The topological polar surface area (TPSA) is 254 Å². The molecule has 46 heavy (non-hydrogen) atoms. The van der Waals surface area contributed by atoms with Crippen LogP contribution in [-0.2, 0) is 35.1 Å². The van der Waals surface area contributed by atoms with Gasteiger partial charge in [-0.1, -0.05) is 13.8 Å². The Labute approximate surface area is 260 Å². The van der Waals surface area contributed by atoms with E-state index in [0.29, 0.717) is 17.0 Å². The number of urea groups is 1. The fourth-order valence-corrected chi connectivity index (χ4v) is 6.60. The third-order valence-electron chi connectivity index (χ3n) is 7.21. The molecule has 0 aliphatic carbocycles. The Bertz CT molecular complexity index is 1940. The number of pyridine rings is 2. The van der Waals surface area contributed by atoms with Crippen LogP contribution in [-0.4, -0.2) is 58.2 Å². The highest BCUT2D eigenvalue weighted by atomic mass is 32.2. The molecule has 22 heteroatoms. The van der Waals surface area contributed by atoms with Gasteiger partial charge in [0.2, 0.25) is 0 Å². The molecule has 0 saturated carbocycles. The van der Waals surface area contributed by atoms with Crippen molar-refractivity contribution in [2.24, 2.45) is 10.3 Å². The third kappa shape index (κ3) is 6.74. The summed E-state index contributed by atoms with van der Waals surface area (Å²) in [7, 11) is -14.3. The van der Waals surface area contributed by atoms with Gasteiger partial charge in [0, 0.05) is 24.2 Å². The Balaban J connectivity index is 1.85. The second kappa shape index (κ2) is 11.8. The first-order chi connectivity index (χ1) is 21.1. The van der Waals surface area contributed by atoms with E-state index >= 15 is 0 Å². The van der Waals surface area contributed by atoms with Crippen molar-refractivity contribution in [3.8, 4) is 0 Å². The van der Waals surface area contributed by atoms with Crippen LogP contribution < -0.4 is 29.9 Å². The minimum atomic E-state index is -5.73. The van der Waals surface area contributed by atoms with Gasteiger partial charge in [-0.05, 0) is 59.7 Å². The monoisotopic (exact) mass is 706 g/mol. The molecule has 1 aliphatic rings. The van der Waals surface area contributed by atoms with E-state index in [4.69, 9.17) is 10.3 Å². The maximum atomic E-state index is 14.4. The SMILES string of the molecule is CC(c1ccnc(NS(N)(=O)=O)c1)C1(C(C)c2ccnc(NS(N)(=O)=O)c2)NC(=O)N(c2ccc(S(=O)(=O)C(F)(F)F)cc2)C1=O. The van der Waals surface area contributed by atoms with Crippen LogP contribution in [0.25, 0.3) is 0 Å². The Hall–Kier alpha value is -4.38. The zero-order valence-corrected chi connectivity index (χ0v) is 26.0. The van der Waals surface area contributed by atoms with E-state index in [1.807, 2.05) is 9.44 Å². The standard InChI is InChI=1S/C24H25F3N8O8S3/c1-13(15-7-9-30-19(11-15)33-45(28,40)41)23(14(2)16-8-10-31-20(12-16)34-46(29,42)43)21(36)35(22(37)32-23)17-3-5-18(6-4-17)44(38,39)24(25,26)27/h3-14H,1-2H3,(H,30,33)(H,31,34)(H,32,37)(H2,28,40,41)(H2,29,42,43). The fraction of sp³-hybridized carbons (Fsp3) is 0.250. The van der Waals surface area contributed by atoms with Crippen LogP contribution in [0.1, 0.15) is 36.8 Å². The molecule has 3 heterocycles. The molecule has 1 aromatic carbocycles. The number of rotatable bonds is 10. The van der Waals surface area contributed by atoms with Gasteiger partial charge in [-0.15, -0.1) is 0 Å². The lowest BCUT2D eigenvalue weighted by Crippen LogP contribution is -2.55. The quantitative estimate of drug-likeness (QED) is 0.189. The number of hydrogen-bond donors (Lipinski definition) is 5. The van der Waals surface area contributed by atoms with Crippen molar-refractivity contribution in [3.63, 3.8) is 0 Å². The number of nitrogens with zero attached hydrogens (tertiary/aromatic N) is 3. The first kappa shape index (κ1) is 34.5. The van der Waals surface area contributed by atoms with Crippen molar-refractivity contribution in [3.05, 3.63) is 72.1 Å². The summed E-state index contributed by atoms with van der Waals surface area (Å²) >= 11 is 0. The molecule has 16 nitrogen and oxygen atoms in total. The number of nitrogens with one attached hydrogen (secondary N) is 3. The molecule has 0 radical (unpaired) electrons. The van der Waals surface area contributed by atoms with Crippen LogP contribution in [0.2, 0.25) is 0 Å². The van der Waals surface area contributed by atoms with E-state index in [1.165, 1.54) is 50.5 Å². The molecule has 4 rings (SSSR count). The van der Waals surface area contributed by atoms with E-state index in [-0.39, 0.29) is 28.5 Å². The number of benzene rings is 1. The van der Waals surface area contributed by atoms with E-state index in [1.54, 1.807) is 0 Å². The number of carbonyl (C=O) groups excluding carboxylic acids is 2. The summed E-state index contributed by atoms with van der Waals surface area (Å²) in [4.78, 5) is 35.1. The number of carbonyl (C=O) groups is 2. The number of nitrogens with two attached hydrogens (primary N) is 2. The normalized spacial score (nSPS) is 19.0. The molecule has 2 aromatic heterocycles. The summed E-state index contributed by atoms with van der Waals surface area (Å²) in [6.45, 7) is 3.02. The molecule has 2 atom stereocenters. The number of imide groups is 1. The molecule has 0 bridgehead atoms. The Morgan fingerprint density at radius 1 is 0.804 bits per heavy atom. The molecule has 7 N–H and O–H groups in total. The fourth-order valence-electron chi connectivity index (χ4n) is 5.03. The molecule has 248 valence electrons. The first-order valence-corrected chi connectivity index (χ1v) is 17.3. The van der Waals surface area contributed by atoms with Gasteiger partial charge in [0.25, 0.3) is 36.2 Å². The molecular weight excluding hydrogens is 682 g/mol. The van der Waals surface area contributed by atoms with E-state index in [9.17, 15) is 48.0 Å². The van der Waals surface area contributed by atoms with E-state index in [2.05, 4.69) is 15.3 Å². The smallest absolute Gasteiger partial charge is 0.322 e. The number of anilines is 3. The first-order valence-electron chi connectivity index (χ1n) is 12.7. The van der Waals surface area contributed by atoms with Crippen LogP contribution in [0.3, 0.4) is 0 Å². The molecule has 1 aliphatic heterocycles. The minimum Gasteiger partial charge on any atom is -0.322 e. The minimum absolute atomic E-state index is 0.228. The zero-order valence-electron chi connectivity index (χ0n) is 23.5. The van der Waals surface area contributed by atoms with Gasteiger partial charge < -0.3 is 5.32 Å². The molecule has 2 unspecified atom stereocenters. The number of amides is 3. The largest absolute Gasteiger partial charge is 0.501 e. The van der Waals surface area contributed by atoms with Gasteiger partial charge in [-0.2, -0.15) is 30.0 Å². The van der Waals surface area contributed by atoms with Crippen molar-refractivity contribution in [2.45, 2.75) is 41.6 Å². The summed E-state index contributed by atoms with van der Waals surface area (Å²) in [6, 6.07) is 7.20. The van der Waals surface area contributed by atoms with Gasteiger partial charge in [-0.25, -0.2) is 38.4 Å². The van der Waals surface area contributed by atoms with Gasteiger partial charge in [0.15, 0.2) is 0 Å². The average Bonchev–Trinajstić information content (AvgIpc) is 3.20. The predicted molar refractivity (Wildman–Crippen MR) is 157 cm³/mol. The second-order valence-corrected chi connectivity index (χ2v) is 14.6. The van der Waals surface area contributed by atoms with Gasteiger partial charge in [0.05, 0.1) is 10.6 Å². The third-order valence-corrected chi connectivity index (χ3v) is 9.70. The van der Waals surface area contributed by atoms with Crippen molar-refractivity contribution < 1.29 is 48.0 Å². The summed E-state index contributed by atoms with van der Waals surface area (Å²) in [6.07, 6.45) is 2.41. The number of aromatic nitrogens is 2. The highest BCUT2D eigenvalue weighted by Gasteiger charge is 2.59. The zero-order chi connectivity index (χ0) is 34.5. The lowest BCUT2D eigenvalue weighted by atomic mass is 9.70. The summed E-state index contributed by atoms with van der Waals surface area (Å²) in [5.74, 6) is -3.46. The van der Waals surface area contributed by atoms with Crippen LogP contribution >= 0.6 is 0 Å². The molecule has 1 saturated heterocycles. The van der Waals surface area contributed by atoms with Crippen molar-refractivity contribution >= 4 is 59.5 Å². The van der Waals surface area contributed by atoms with Crippen LogP contribution in [0.5, 0.6) is 0 Å². The van der Waals surface area contributed by atoms with Gasteiger partial charge >= 0.3 is 11.5 Å². The maximum Gasteiger partial charge on any atom is 0.501 e. The number of alkyl halides is 3. The van der Waals surface area contributed by atoms with Gasteiger partial charge in [-0.3, -0.25) is 14.2 Å². The molecule has 3 aromatic rings. The Kier molecular flexibility index (Phi) is 8.82. The van der Waals surface area contributed by atoms with Crippen molar-refractivity contribution in [1.29, 1.82) is 0 Å². The highest BCUT2D eigenvalue weighted by Crippen LogP contribution is 2.45. The van der Waals surface area contributed by atoms with Crippen LogP contribution in [0, 0.1) is 0 Å². The summed E-state index contributed by atoms with van der Waals surface area (Å²) < 4.78 is 113. The molecular formula is C24H25F3N8O8S3. The van der Waals surface area contributed by atoms with E-state index < -0.39 is 70.0 Å². The van der Waals surface area contributed by atoms with Crippen molar-refractivity contribution in [2.75, 3.05) is 14.3 Å². The maximum absolute atomic E-state index is 14.4. The number of halogens is 3. The number of hydrogen-bond acceptors (Lipinski definition) is 10. The Morgan fingerprint density at radius 2 is 1.24 bits per heavy atom. The summed E-state index contributed by atoms with van der Waals surface area (Å²) in [5, 5.41) is 12.7. The van der Waals surface area contributed by atoms with Gasteiger partial charge in [0.1, 0.15) is 17.2 Å². The van der Waals surface area contributed by atoms with Crippen LogP contribution in [0.15, 0.2) is 65.8 Å². The average molecular weight is 707 g/mol.